The van der Waals surface area contributed by atoms with E-state index < -0.39 is 0 Å². The van der Waals surface area contributed by atoms with Gasteiger partial charge in [-0.05, 0) is 94.1 Å². The lowest BCUT2D eigenvalue weighted by molar-refractivity contribution is -0.384. The van der Waals surface area contributed by atoms with E-state index in [9.17, 15) is 10.1 Å². The van der Waals surface area contributed by atoms with Crippen molar-refractivity contribution in [2.24, 2.45) is 16.6 Å². The van der Waals surface area contributed by atoms with Gasteiger partial charge in [-0.3, -0.25) is 15.0 Å². The topological polar surface area (TPSA) is 91.2 Å². The number of hydrogen-bond acceptors (Lipinski definition) is 8. The smallest absolute Gasteiger partial charge is 0.269 e. The maximum Gasteiger partial charge on any atom is 0.269 e. The number of thiocarbonyl (C=S) groups is 1. The minimum atomic E-state index is -0.380. The molecule has 9 heteroatoms. The Morgan fingerprint density at radius 3 is 1.97 bits per heavy atom. The van der Waals surface area contributed by atoms with Crippen LogP contribution in [-0.4, -0.2) is 59.4 Å². The predicted molar refractivity (Wildman–Crippen MR) is 149 cm³/mol. The standard InChI is InChI=1S/C27H36N6O2S/c1-27(2,28)32(25-13-17-31(18-14-25)24-7-9-26(10-8-24)33(34)35)19-21-11-15-30(16-12-21)23-5-3-22(4-6-23)29-20-36/h3-10,21,25H,11-19,28H2,1-2H3. The molecule has 2 N–H and O–H groups in total. The van der Waals surface area contributed by atoms with Gasteiger partial charge in [0.05, 0.1) is 21.4 Å². The first-order valence-corrected chi connectivity index (χ1v) is 13.1. The van der Waals surface area contributed by atoms with E-state index in [0.29, 0.717) is 12.0 Å². The Bertz CT molecular complexity index is 1060. The normalized spacial score (nSPS) is 17.8. The number of rotatable bonds is 8. The van der Waals surface area contributed by atoms with Crippen molar-refractivity contribution in [3.05, 3.63) is 58.6 Å². The minimum Gasteiger partial charge on any atom is -0.372 e. The van der Waals surface area contributed by atoms with Crippen molar-refractivity contribution in [3.63, 3.8) is 0 Å². The van der Waals surface area contributed by atoms with Crippen molar-refractivity contribution in [3.8, 4) is 0 Å². The van der Waals surface area contributed by atoms with Crippen LogP contribution in [-0.2, 0) is 0 Å². The molecular weight excluding hydrogens is 472 g/mol. The van der Waals surface area contributed by atoms with Gasteiger partial charge in [0.1, 0.15) is 0 Å². The molecule has 0 amide bonds. The van der Waals surface area contributed by atoms with Crippen LogP contribution in [0, 0.1) is 16.0 Å². The molecule has 2 aliphatic rings. The second-order valence-electron chi connectivity index (χ2n) is 10.4. The number of nitrogens with zero attached hydrogens (tertiary/aromatic N) is 5. The van der Waals surface area contributed by atoms with E-state index in [1.54, 1.807) is 12.1 Å². The van der Waals surface area contributed by atoms with Crippen molar-refractivity contribution in [1.29, 1.82) is 0 Å². The summed E-state index contributed by atoms with van der Waals surface area (Å²) in [5.74, 6) is 0.621. The molecule has 192 valence electrons. The van der Waals surface area contributed by atoms with Gasteiger partial charge in [-0.2, -0.15) is 4.99 Å². The van der Waals surface area contributed by atoms with E-state index in [2.05, 4.69) is 63.1 Å². The fourth-order valence-electron chi connectivity index (χ4n) is 5.52. The van der Waals surface area contributed by atoms with Gasteiger partial charge in [-0.15, -0.1) is 0 Å². The van der Waals surface area contributed by atoms with E-state index in [4.69, 9.17) is 5.73 Å². The van der Waals surface area contributed by atoms with E-state index in [0.717, 1.165) is 69.8 Å². The Kier molecular flexibility index (Phi) is 8.36. The van der Waals surface area contributed by atoms with E-state index >= 15 is 0 Å². The van der Waals surface area contributed by atoms with Crippen LogP contribution in [0.1, 0.15) is 39.5 Å². The fourth-order valence-corrected chi connectivity index (χ4v) is 5.62. The molecule has 2 aromatic carbocycles. The summed E-state index contributed by atoms with van der Waals surface area (Å²) in [7, 11) is 0. The fraction of sp³-hybridized carbons (Fsp3) is 0.519. The van der Waals surface area contributed by atoms with Gasteiger partial charge in [0, 0.05) is 62.3 Å². The van der Waals surface area contributed by atoms with Gasteiger partial charge in [0.25, 0.3) is 5.69 Å². The highest BCUT2D eigenvalue weighted by Crippen LogP contribution is 2.31. The summed E-state index contributed by atoms with van der Waals surface area (Å²) < 4.78 is 0. The van der Waals surface area contributed by atoms with Crippen molar-refractivity contribution >= 4 is 40.1 Å². The molecule has 0 atom stereocenters. The quantitative estimate of drug-likeness (QED) is 0.172. The van der Waals surface area contributed by atoms with Gasteiger partial charge in [0.2, 0.25) is 0 Å². The molecule has 2 saturated heterocycles. The summed E-state index contributed by atoms with van der Waals surface area (Å²) in [6.07, 6.45) is 4.36. The van der Waals surface area contributed by atoms with Crippen molar-refractivity contribution in [1.82, 2.24) is 4.90 Å². The van der Waals surface area contributed by atoms with Gasteiger partial charge in [-0.25, -0.2) is 0 Å². The average Bonchev–Trinajstić information content (AvgIpc) is 2.88. The summed E-state index contributed by atoms with van der Waals surface area (Å²) in [5, 5.41) is 13.4. The molecule has 2 heterocycles. The third kappa shape index (κ3) is 6.48. The van der Waals surface area contributed by atoms with Crippen LogP contribution in [0.3, 0.4) is 0 Å². The molecule has 0 spiro atoms. The molecule has 0 radical (unpaired) electrons. The lowest BCUT2D eigenvalue weighted by Gasteiger charge is -2.47. The minimum absolute atomic E-state index is 0.132. The molecule has 0 unspecified atom stereocenters. The van der Waals surface area contributed by atoms with Crippen molar-refractivity contribution in [2.75, 3.05) is 42.5 Å². The van der Waals surface area contributed by atoms with Crippen LogP contribution < -0.4 is 15.5 Å². The monoisotopic (exact) mass is 508 g/mol. The molecular formula is C27H36N6O2S. The Morgan fingerprint density at radius 2 is 1.50 bits per heavy atom. The molecule has 2 aliphatic heterocycles. The lowest BCUT2D eigenvalue weighted by atomic mass is 9.92. The maximum absolute atomic E-state index is 11.0. The molecule has 0 aromatic heterocycles. The first-order chi connectivity index (χ1) is 17.2. The number of nitro groups is 1. The maximum atomic E-state index is 11.0. The van der Waals surface area contributed by atoms with Gasteiger partial charge >= 0.3 is 0 Å². The van der Waals surface area contributed by atoms with Crippen LogP contribution >= 0.6 is 12.2 Å². The second-order valence-corrected chi connectivity index (χ2v) is 10.6. The van der Waals surface area contributed by atoms with Crippen molar-refractivity contribution in [2.45, 2.75) is 51.2 Å². The van der Waals surface area contributed by atoms with E-state index in [1.807, 2.05) is 24.3 Å². The van der Waals surface area contributed by atoms with Crippen molar-refractivity contribution < 1.29 is 4.92 Å². The summed E-state index contributed by atoms with van der Waals surface area (Å²) in [5.41, 5.74) is 9.56. The predicted octanol–water partition coefficient (Wildman–Crippen LogP) is 5.21. The molecule has 2 fully saturated rings. The lowest BCUT2D eigenvalue weighted by Crippen LogP contribution is -2.59. The van der Waals surface area contributed by atoms with Crippen LogP contribution in [0.5, 0.6) is 0 Å². The van der Waals surface area contributed by atoms with Gasteiger partial charge in [0.15, 0.2) is 0 Å². The molecule has 0 bridgehead atoms. The number of nitrogens with two attached hydrogens (primary N) is 1. The molecule has 36 heavy (non-hydrogen) atoms. The summed E-state index contributed by atoms with van der Waals surface area (Å²) in [6.45, 7) is 9.19. The number of anilines is 2. The Morgan fingerprint density at radius 1 is 1.00 bits per heavy atom. The highest BCUT2D eigenvalue weighted by molar-refractivity contribution is 7.78. The summed E-state index contributed by atoms with van der Waals surface area (Å²) in [4.78, 5) is 21.9. The highest BCUT2D eigenvalue weighted by atomic mass is 32.1. The zero-order valence-corrected chi connectivity index (χ0v) is 22.0. The highest BCUT2D eigenvalue weighted by Gasteiger charge is 2.34. The van der Waals surface area contributed by atoms with Crippen LogP contribution in [0.4, 0.5) is 22.7 Å². The number of isothiocyanates is 1. The first-order valence-electron chi connectivity index (χ1n) is 12.7. The Balaban J connectivity index is 1.32. The average molecular weight is 509 g/mol. The second kappa shape index (κ2) is 11.5. The molecule has 0 saturated carbocycles. The number of nitro benzene ring substituents is 1. The van der Waals surface area contributed by atoms with Crippen LogP contribution in [0.2, 0.25) is 0 Å². The largest absolute Gasteiger partial charge is 0.372 e. The summed E-state index contributed by atoms with van der Waals surface area (Å²) >= 11 is 4.69. The number of non-ortho nitro benzene ring substituents is 1. The Labute approximate surface area is 218 Å². The SMILES string of the molecule is CC(C)(N)N(CC1CCN(c2ccc(N=C=S)cc2)CC1)C1CCN(c2ccc([N+](=O)[O-])cc2)CC1. The molecule has 2 aromatic rings. The number of hydrogen-bond donors (Lipinski definition) is 1. The van der Waals surface area contributed by atoms with Gasteiger partial charge < -0.3 is 15.5 Å². The third-order valence-corrected chi connectivity index (χ3v) is 7.62. The molecule has 4 rings (SSSR count). The van der Waals surface area contributed by atoms with E-state index in [-0.39, 0.29) is 16.3 Å². The third-order valence-electron chi connectivity index (χ3n) is 7.53. The summed E-state index contributed by atoms with van der Waals surface area (Å²) in [6, 6.07) is 15.5. The number of aliphatic imine (C=N–C) groups is 1. The molecule has 8 nitrogen and oxygen atoms in total. The van der Waals surface area contributed by atoms with Crippen LogP contribution in [0.25, 0.3) is 0 Å². The van der Waals surface area contributed by atoms with Gasteiger partial charge in [-0.1, -0.05) is 0 Å². The number of benzene rings is 2. The molecule has 0 aliphatic carbocycles. The Hall–Kier alpha value is -2.84. The van der Waals surface area contributed by atoms with E-state index in [1.165, 1.54) is 5.69 Å². The number of piperidine rings is 2. The zero-order valence-electron chi connectivity index (χ0n) is 21.2. The first kappa shape index (κ1) is 26.2. The van der Waals surface area contributed by atoms with Crippen LogP contribution in [0.15, 0.2) is 53.5 Å². The zero-order chi connectivity index (χ0) is 25.7.